The first kappa shape index (κ1) is 12.7. The van der Waals surface area contributed by atoms with Crippen molar-refractivity contribution >= 4 is 22.7 Å². The zero-order valence-corrected chi connectivity index (χ0v) is 11.1. The predicted octanol–water partition coefficient (Wildman–Crippen LogP) is 2.42. The van der Waals surface area contributed by atoms with Gasteiger partial charge in [-0.05, 0) is 26.0 Å². The minimum absolute atomic E-state index is 0.0456. The van der Waals surface area contributed by atoms with Crippen LogP contribution in [0.1, 0.15) is 13.8 Å². The van der Waals surface area contributed by atoms with Crippen molar-refractivity contribution in [3.05, 3.63) is 34.6 Å². The van der Waals surface area contributed by atoms with Crippen LogP contribution in [-0.4, -0.2) is 14.8 Å². The summed E-state index contributed by atoms with van der Waals surface area (Å²) in [6.45, 7) is 4.25. The normalized spacial score (nSPS) is 12.3. The molecule has 1 unspecified atom stereocenters. The molecule has 4 nitrogen and oxygen atoms in total. The fourth-order valence-corrected chi connectivity index (χ4v) is 2.56. The lowest BCUT2D eigenvalue weighted by Crippen LogP contribution is -2.22. The van der Waals surface area contributed by atoms with Crippen molar-refractivity contribution in [2.75, 3.05) is 0 Å². The van der Waals surface area contributed by atoms with Gasteiger partial charge in [-0.15, -0.1) is 0 Å². The number of aromatic nitrogens is 2. The Hall–Kier alpha value is -1.80. The van der Waals surface area contributed by atoms with Crippen LogP contribution < -0.4 is 5.56 Å². The van der Waals surface area contributed by atoms with Gasteiger partial charge in [-0.25, -0.2) is 4.98 Å². The number of fused-ring (bicyclic) bond motifs is 1. The molecule has 1 aromatic heterocycles. The zero-order chi connectivity index (χ0) is 13.1. The molecule has 0 fully saturated rings. The molecule has 0 aliphatic carbocycles. The Morgan fingerprint density at radius 1 is 1.50 bits per heavy atom. The van der Waals surface area contributed by atoms with E-state index in [1.807, 2.05) is 25.1 Å². The minimum atomic E-state index is -0.226. The Bertz CT molecular complexity index is 672. The second-order valence-corrected chi connectivity index (χ2v) is 5.16. The largest absolute Gasteiger partial charge is 0.287 e. The summed E-state index contributed by atoms with van der Waals surface area (Å²) in [4.78, 5) is 16.7. The number of benzene rings is 1. The van der Waals surface area contributed by atoms with Gasteiger partial charge in [0, 0.05) is 6.54 Å². The molecule has 1 aromatic carbocycles. The second-order valence-electron chi connectivity index (χ2n) is 3.85. The first-order chi connectivity index (χ1) is 8.67. The van der Waals surface area contributed by atoms with Gasteiger partial charge in [0.15, 0.2) is 5.16 Å². The first-order valence-electron chi connectivity index (χ1n) is 5.73. The van der Waals surface area contributed by atoms with Crippen LogP contribution >= 0.6 is 11.8 Å². The molecule has 0 saturated carbocycles. The fraction of sp³-hybridized carbons (Fsp3) is 0.308. The molecule has 1 atom stereocenters. The summed E-state index contributed by atoms with van der Waals surface area (Å²) in [7, 11) is 0. The van der Waals surface area contributed by atoms with E-state index in [1.54, 1.807) is 17.6 Å². The highest BCUT2D eigenvalue weighted by molar-refractivity contribution is 8.00. The SMILES string of the molecule is CCn1c(SC(C)C#N)nc2ccccc2c1=O. The first-order valence-corrected chi connectivity index (χ1v) is 6.61. The molecule has 0 aliphatic rings. The lowest BCUT2D eigenvalue weighted by atomic mass is 10.2. The van der Waals surface area contributed by atoms with Crippen molar-refractivity contribution in [1.29, 1.82) is 5.26 Å². The third-order valence-electron chi connectivity index (χ3n) is 2.61. The van der Waals surface area contributed by atoms with Crippen molar-refractivity contribution in [3.63, 3.8) is 0 Å². The number of thioether (sulfide) groups is 1. The summed E-state index contributed by atoms with van der Waals surface area (Å²) in [5.74, 6) is 0. The maximum atomic E-state index is 12.3. The Balaban J connectivity index is 2.66. The Labute approximate surface area is 109 Å². The predicted molar refractivity (Wildman–Crippen MR) is 72.6 cm³/mol. The third kappa shape index (κ3) is 2.24. The zero-order valence-electron chi connectivity index (χ0n) is 10.3. The van der Waals surface area contributed by atoms with Gasteiger partial charge in [0.25, 0.3) is 5.56 Å². The van der Waals surface area contributed by atoms with Gasteiger partial charge in [-0.2, -0.15) is 5.26 Å². The Kier molecular flexibility index (Phi) is 3.68. The van der Waals surface area contributed by atoms with E-state index < -0.39 is 0 Å². The number of rotatable bonds is 3. The standard InChI is InChI=1S/C13H13N3OS/c1-3-16-12(17)10-6-4-5-7-11(10)15-13(16)18-9(2)8-14/h4-7,9H,3H2,1-2H3. The third-order valence-corrected chi connectivity index (χ3v) is 3.59. The summed E-state index contributed by atoms with van der Waals surface area (Å²) >= 11 is 1.31. The summed E-state index contributed by atoms with van der Waals surface area (Å²) in [6, 6.07) is 9.42. The summed E-state index contributed by atoms with van der Waals surface area (Å²) in [5, 5.41) is 9.86. The molecule has 1 heterocycles. The van der Waals surface area contributed by atoms with Gasteiger partial charge in [0.2, 0.25) is 0 Å². The van der Waals surface area contributed by atoms with E-state index in [4.69, 9.17) is 5.26 Å². The van der Waals surface area contributed by atoms with Crippen LogP contribution in [0.15, 0.2) is 34.2 Å². The van der Waals surface area contributed by atoms with E-state index in [0.717, 1.165) is 0 Å². The van der Waals surface area contributed by atoms with Crippen molar-refractivity contribution in [3.8, 4) is 6.07 Å². The molecular formula is C13H13N3OS. The lowest BCUT2D eigenvalue weighted by Gasteiger charge is -2.11. The van der Waals surface area contributed by atoms with Gasteiger partial charge in [-0.1, -0.05) is 23.9 Å². The van der Waals surface area contributed by atoms with Crippen molar-refractivity contribution in [2.45, 2.75) is 30.8 Å². The molecule has 2 rings (SSSR count). The number of nitrogens with zero attached hydrogens (tertiary/aromatic N) is 3. The number of nitriles is 1. The lowest BCUT2D eigenvalue weighted by molar-refractivity contribution is 0.634. The van der Waals surface area contributed by atoms with Crippen LogP contribution in [0.4, 0.5) is 0 Å². The highest BCUT2D eigenvalue weighted by Gasteiger charge is 2.12. The molecule has 0 N–H and O–H groups in total. The smallest absolute Gasteiger partial charge is 0.262 e. The van der Waals surface area contributed by atoms with Gasteiger partial charge in [0.05, 0.1) is 22.2 Å². The number of hydrogen-bond donors (Lipinski definition) is 0. The van der Waals surface area contributed by atoms with Gasteiger partial charge >= 0.3 is 0 Å². The molecule has 92 valence electrons. The molecule has 5 heteroatoms. The topological polar surface area (TPSA) is 58.7 Å². The molecule has 2 aromatic rings. The van der Waals surface area contributed by atoms with Crippen LogP contribution in [0, 0.1) is 11.3 Å². The average molecular weight is 259 g/mol. The molecule has 0 saturated heterocycles. The van der Waals surface area contributed by atoms with Gasteiger partial charge in [-0.3, -0.25) is 9.36 Å². The van der Waals surface area contributed by atoms with E-state index in [0.29, 0.717) is 22.6 Å². The molecule has 0 radical (unpaired) electrons. The summed E-state index contributed by atoms with van der Waals surface area (Å²) < 4.78 is 1.61. The monoisotopic (exact) mass is 259 g/mol. The molecule has 0 amide bonds. The quantitative estimate of drug-likeness (QED) is 0.627. The van der Waals surface area contributed by atoms with Gasteiger partial charge in [0.1, 0.15) is 0 Å². The van der Waals surface area contributed by atoms with Crippen molar-refractivity contribution < 1.29 is 0 Å². The number of hydrogen-bond acceptors (Lipinski definition) is 4. The van der Waals surface area contributed by atoms with Crippen LogP contribution in [0.5, 0.6) is 0 Å². The molecule has 0 aliphatic heterocycles. The van der Waals surface area contributed by atoms with Crippen molar-refractivity contribution in [1.82, 2.24) is 9.55 Å². The van der Waals surface area contributed by atoms with E-state index in [-0.39, 0.29) is 10.8 Å². The molecule has 0 spiro atoms. The maximum absolute atomic E-state index is 12.3. The van der Waals surface area contributed by atoms with E-state index >= 15 is 0 Å². The summed E-state index contributed by atoms with van der Waals surface area (Å²) in [5.41, 5.74) is 0.635. The van der Waals surface area contributed by atoms with Gasteiger partial charge < -0.3 is 0 Å². The second kappa shape index (κ2) is 5.23. The maximum Gasteiger partial charge on any atom is 0.262 e. The van der Waals surface area contributed by atoms with Crippen molar-refractivity contribution in [2.24, 2.45) is 0 Å². The van der Waals surface area contributed by atoms with Crippen LogP contribution in [-0.2, 0) is 6.54 Å². The highest BCUT2D eigenvalue weighted by Crippen LogP contribution is 2.21. The molecular weight excluding hydrogens is 246 g/mol. The molecule has 18 heavy (non-hydrogen) atoms. The molecule has 0 bridgehead atoms. The Morgan fingerprint density at radius 3 is 2.89 bits per heavy atom. The van der Waals surface area contributed by atoms with E-state index in [1.165, 1.54) is 11.8 Å². The highest BCUT2D eigenvalue weighted by atomic mass is 32.2. The fourth-order valence-electron chi connectivity index (χ4n) is 1.70. The minimum Gasteiger partial charge on any atom is -0.287 e. The van der Waals surface area contributed by atoms with E-state index in [2.05, 4.69) is 11.1 Å². The van der Waals surface area contributed by atoms with E-state index in [9.17, 15) is 4.79 Å². The van der Waals surface area contributed by atoms with Crippen LogP contribution in [0.3, 0.4) is 0 Å². The number of para-hydroxylation sites is 1. The summed E-state index contributed by atoms with van der Waals surface area (Å²) in [6.07, 6.45) is 0. The van der Waals surface area contributed by atoms with Crippen LogP contribution in [0.25, 0.3) is 10.9 Å². The van der Waals surface area contributed by atoms with Crippen LogP contribution in [0.2, 0.25) is 0 Å². The average Bonchev–Trinajstić information content (AvgIpc) is 2.39. The Morgan fingerprint density at radius 2 is 2.22 bits per heavy atom.